The van der Waals surface area contributed by atoms with E-state index in [1.807, 2.05) is 0 Å². The number of rotatable bonds is 4. The zero-order valence-corrected chi connectivity index (χ0v) is 19.9. The molecule has 0 bridgehead atoms. The number of ether oxygens (including phenoxy) is 1. The van der Waals surface area contributed by atoms with Crippen LogP contribution in [0.5, 0.6) is 0 Å². The number of carbonyl (C=O) groups excluding carboxylic acids is 2. The third-order valence-electron chi connectivity index (χ3n) is 5.03. The van der Waals surface area contributed by atoms with E-state index in [1.165, 1.54) is 24.3 Å². The van der Waals surface area contributed by atoms with E-state index >= 15 is 0 Å². The quantitative estimate of drug-likeness (QED) is 0.726. The first-order chi connectivity index (χ1) is 15.4. The van der Waals surface area contributed by atoms with Crippen molar-refractivity contribution in [3.05, 3.63) is 59.4 Å². The number of anilines is 1. The predicted octanol–water partition coefficient (Wildman–Crippen LogP) is 3.63. The van der Waals surface area contributed by atoms with Gasteiger partial charge in [-0.05, 0) is 63.6 Å². The van der Waals surface area contributed by atoms with Gasteiger partial charge < -0.3 is 14.5 Å². The van der Waals surface area contributed by atoms with Crippen LogP contribution in [0.4, 0.5) is 14.9 Å². The molecule has 1 aliphatic heterocycles. The minimum atomic E-state index is -4.02. The van der Waals surface area contributed by atoms with Gasteiger partial charge in [0.15, 0.2) is 0 Å². The molecule has 0 unspecified atom stereocenters. The van der Waals surface area contributed by atoms with Crippen LogP contribution in [0.3, 0.4) is 0 Å². The van der Waals surface area contributed by atoms with Gasteiger partial charge in [-0.1, -0.05) is 12.1 Å². The number of carbonyl (C=O) groups is 2. The normalized spacial score (nSPS) is 14.7. The zero-order chi connectivity index (χ0) is 24.4. The first-order valence-electron chi connectivity index (χ1n) is 10.5. The Bertz CT molecular complexity index is 1150. The van der Waals surface area contributed by atoms with Crippen molar-refractivity contribution < 1.29 is 27.1 Å². The number of piperazine rings is 1. The lowest BCUT2D eigenvalue weighted by atomic mass is 10.1. The van der Waals surface area contributed by atoms with Crippen LogP contribution in [0, 0.1) is 12.7 Å². The van der Waals surface area contributed by atoms with E-state index in [-0.39, 0.29) is 16.5 Å². The lowest BCUT2D eigenvalue weighted by molar-refractivity contribution is 0.0141. The summed E-state index contributed by atoms with van der Waals surface area (Å²) < 4.78 is 46.8. The Morgan fingerprint density at radius 1 is 1.00 bits per heavy atom. The number of hydrogen-bond donors (Lipinski definition) is 1. The summed E-state index contributed by atoms with van der Waals surface area (Å²) in [5.74, 6) is -0.895. The molecule has 0 radical (unpaired) electrons. The number of benzene rings is 2. The van der Waals surface area contributed by atoms with Gasteiger partial charge in [-0.25, -0.2) is 17.6 Å². The van der Waals surface area contributed by atoms with Gasteiger partial charge >= 0.3 is 6.09 Å². The monoisotopic (exact) mass is 477 g/mol. The molecule has 2 aromatic carbocycles. The lowest BCUT2D eigenvalue weighted by Crippen LogP contribution is -2.51. The first kappa shape index (κ1) is 24.5. The van der Waals surface area contributed by atoms with Crippen LogP contribution in [-0.2, 0) is 14.8 Å². The largest absolute Gasteiger partial charge is 0.444 e. The van der Waals surface area contributed by atoms with E-state index in [0.717, 1.165) is 6.07 Å². The average Bonchev–Trinajstić information content (AvgIpc) is 2.74. The zero-order valence-electron chi connectivity index (χ0n) is 19.1. The molecule has 3 rings (SSSR count). The lowest BCUT2D eigenvalue weighted by Gasteiger charge is -2.35. The van der Waals surface area contributed by atoms with Crippen LogP contribution >= 0.6 is 0 Å². The second-order valence-corrected chi connectivity index (χ2v) is 10.5. The minimum Gasteiger partial charge on any atom is -0.444 e. The summed E-state index contributed by atoms with van der Waals surface area (Å²) >= 11 is 0. The Morgan fingerprint density at radius 3 is 2.24 bits per heavy atom. The van der Waals surface area contributed by atoms with E-state index < -0.39 is 27.5 Å². The van der Waals surface area contributed by atoms with Crippen molar-refractivity contribution in [3.63, 3.8) is 0 Å². The number of halogens is 1. The van der Waals surface area contributed by atoms with E-state index in [4.69, 9.17) is 4.74 Å². The Morgan fingerprint density at radius 2 is 1.64 bits per heavy atom. The molecule has 1 aliphatic rings. The van der Waals surface area contributed by atoms with Gasteiger partial charge in [0.25, 0.3) is 15.9 Å². The van der Waals surface area contributed by atoms with Crippen molar-refractivity contribution in [2.75, 3.05) is 30.9 Å². The summed E-state index contributed by atoms with van der Waals surface area (Å²) in [7, 11) is -4.02. The summed E-state index contributed by atoms with van der Waals surface area (Å²) in [5.41, 5.74) is 0.237. The van der Waals surface area contributed by atoms with Crippen LogP contribution in [0.25, 0.3) is 0 Å². The third kappa shape index (κ3) is 6.22. The van der Waals surface area contributed by atoms with Crippen molar-refractivity contribution in [2.24, 2.45) is 0 Å². The molecule has 1 N–H and O–H groups in total. The highest BCUT2D eigenvalue weighted by atomic mass is 32.2. The Kier molecular flexibility index (Phi) is 6.97. The van der Waals surface area contributed by atoms with E-state index in [1.54, 1.807) is 49.6 Å². The second-order valence-electron chi connectivity index (χ2n) is 8.86. The van der Waals surface area contributed by atoms with Crippen LogP contribution in [-0.4, -0.2) is 62.0 Å². The summed E-state index contributed by atoms with van der Waals surface area (Å²) in [6, 6.07) is 9.77. The highest BCUT2D eigenvalue weighted by Crippen LogP contribution is 2.21. The number of nitrogens with zero attached hydrogens (tertiary/aromatic N) is 2. The maximum absolute atomic E-state index is 13.8. The number of aryl methyl sites for hydroxylation is 1. The first-order valence-corrected chi connectivity index (χ1v) is 12.0. The SMILES string of the molecule is Cc1ccc(S(=O)(=O)Nc2cccc(C(=O)N3CCN(C(=O)OC(C)(C)C)CC3)c2)cc1F. The molecule has 2 amide bonds. The van der Waals surface area contributed by atoms with Crippen LogP contribution < -0.4 is 4.72 Å². The fourth-order valence-electron chi connectivity index (χ4n) is 3.27. The van der Waals surface area contributed by atoms with E-state index in [2.05, 4.69) is 4.72 Å². The average molecular weight is 478 g/mol. The fraction of sp³-hybridized carbons (Fsp3) is 0.391. The summed E-state index contributed by atoms with van der Waals surface area (Å²) in [5, 5.41) is 0. The van der Waals surface area contributed by atoms with Crippen molar-refractivity contribution >= 4 is 27.7 Å². The second kappa shape index (κ2) is 9.38. The summed E-state index contributed by atoms with van der Waals surface area (Å²) in [4.78, 5) is 28.1. The molecule has 10 heteroatoms. The molecule has 2 aromatic rings. The van der Waals surface area contributed by atoms with Gasteiger partial charge in [0.1, 0.15) is 11.4 Å². The minimum absolute atomic E-state index is 0.189. The molecular formula is C23H28FN3O5S. The highest BCUT2D eigenvalue weighted by Gasteiger charge is 2.28. The highest BCUT2D eigenvalue weighted by molar-refractivity contribution is 7.92. The van der Waals surface area contributed by atoms with Crippen molar-refractivity contribution in [3.8, 4) is 0 Å². The maximum Gasteiger partial charge on any atom is 0.410 e. The molecule has 1 fully saturated rings. The van der Waals surface area contributed by atoms with Gasteiger partial charge in [0.2, 0.25) is 0 Å². The standard InChI is InChI=1S/C23H28FN3O5S/c1-16-8-9-19(15-20(16)24)33(30,31)25-18-7-5-6-17(14-18)21(28)26-10-12-27(13-11-26)22(29)32-23(2,3)4/h5-9,14-15,25H,10-13H2,1-4H3. The van der Waals surface area contributed by atoms with E-state index in [0.29, 0.717) is 37.3 Å². The topological polar surface area (TPSA) is 96.0 Å². The molecule has 0 spiro atoms. The predicted molar refractivity (Wildman–Crippen MR) is 122 cm³/mol. The smallest absolute Gasteiger partial charge is 0.410 e. The van der Waals surface area contributed by atoms with Crippen LogP contribution in [0.1, 0.15) is 36.7 Å². The molecule has 0 atom stereocenters. The van der Waals surface area contributed by atoms with Crippen molar-refractivity contribution in [2.45, 2.75) is 38.2 Å². The molecule has 0 saturated carbocycles. The van der Waals surface area contributed by atoms with Gasteiger partial charge in [-0.3, -0.25) is 9.52 Å². The Balaban J connectivity index is 1.66. The van der Waals surface area contributed by atoms with Gasteiger partial charge in [0.05, 0.1) is 4.90 Å². The summed E-state index contributed by atoms with van der Waals surface area (Å²) in [6.45, 7) is 8.26. The van der Waals surface area contributed by atoms with Gasteiger partial charge in [-0.15, -0.1) is 0 Å². The number of hydrogen-bond acceptors (Lipinski definition) is 5. The molecular weight excluding hydrogens is 449 g/mol. The van der Waals surface area contributed by atoms with Crippen molar-refractivity contribution in [1.29, 1.82) is 0 Å². The van der Waals surface area contributed by atoms with Gasteiger partial charge in [0, 0.05) is 37.4 Å². The Labute approximate surface area is 193 Å². The third-order valence-corrected chi connectivity index (χ3v) is 6.41. The van der Waals surface area contributed by atoms with Crippen molar-refractivity contribution in [1.82, 2.24) is 9.80 Å². The molecule has 0 aliphatic carbocycles. The fourth-order valence-corrected chi connectivity index (χ4v) is 4.33. The molecule has 0 aromatic heterocycles. The van der Waals surface area contributed by atoms with E-state index in [9.17, 15) is 22.4 Å². The number of amides is 2. The van der Waals surface area contributed by atoms with Crippen LogP contribution in [0.2, 0.25) is 0 Å². The molecule has 178 valence electrons. The number of sulfonamides is 1. The van der Waals surface area contributed by atoms with Crippen LogP contribution in [0.15, 0.2) is 47.4 Å². The molecule has 1 heterocycles. The number of nitrogens with one attached hydrogen (secondary N) is 1. The summed E-state index contributed by atoms with van der Waals surface area (Å²) in [6.07, 6.45) is -0.418. The molecule has 1 saturated heterocycles. The molecule has 8 nitrogen and oxygen atoms in total. The Hall–Kier alpha value is -3.14. The molecule has 33 heavy (non-hydrogen) atoms. The van der Waals surface area contributed by atoms with Gasteiger partial charge in [-0.2, -0.15) is 0 Å². The maximum atomic E-state index is 13.8.